The Hall–Kier alpha value is -1.58. The van der Waals surface area contributed by atoms with Gasteiger partial charge in [-0.25, -0.2) is 8.42 Å². The molecule has 0 spiro atoms. The molecule has 0 aromatic carbocycles. The molecule has 0 saturated carbocycles. The summed E-state index contributed by atoms with van der Waals surface area (Å²) >= 11 is 0. The van der Waals surface area contributed by atoms with Crippen LogP contribution in [0.3, 0.4) is 0 Å². The first kappa shape index (κ1) is 15.8. The van der Waals surface area contributed by atoms with E-state index in [4.69, 9.17) is 5.73 Å². The quantitative estimate of drug-likeness (QED) is 0.646. The second kappa shape index (κ2) is 6.04. The molecule has 2 atom stereocenters. The minimum absolute atomic E-state index is 0.0406. The van der Waals surface area contributed by atoms with E-state index in [0.717, 1.165) is 25.1 Å². The number of sulfonamides is 1. The Kier molecular flexibility index (Phi) is 4.55. The van der Waals surface area contributed by atoms with Crippen LogP contribution in [-0.2, 0) is 10.0 Å². The highest BCUT2D eigenvalue weighted by atomic mass is 32.2. The van der Waals surface area contributed by atoms with Gasteiger partial charge in [0, 0.05) is 25.2 Å². The zero-order valence-corrected chi connectivity index (χ0v) is 12.5. The molecule has 0 bridgehead atoms. The van der Waals surface area contributed by atoms with Crippen LogP contribution in [0.25, 0.3) is 0 Å². The van der Waals surface area contributed by atoms with Crippen molar-refractivity contribution >= 4 is 15.8 Å². The highest BCUT2D eigenvalue weighted by Crippen LogP contribution is 2.28. The van der Waals surface area contributed by atoms with Crippen LogP contribution in [0.2, 0.25) is 0 Å². The highest BCUT2D eigenvalue weighted by molar-refractivity contribution is 7.89. The summed E-state index contributed by atoms with van der Waals surface area (Å²) in [7, 11) is -3.72. The van der Waals surface area contributed by atoms with Gasteiger partial charge in [0.15, 0.2) is 6.20 Å². The number of hydrogen-bond acceptors (Lipinski definition) is 6. The van der Waals surface area contributed by atoms with Crippen LogP contribution < -0.4 is 5.73 Å². The van der Waals surface area contributed by atoms with Gasteiger partial charge in [-0.15, -0.1) is 0 Å². The maximum atomic E-state index is 12.6. The number of piperidine rings is 1. The zero-order valence-electron chi connectivity index (χ0n) is 11.7. The minimum Gasteiger partial charge on any atom is -0.358 e. The monoisotopic (exact) mass is 314 g/mol. The van der Waals surface area contributed by atoms with E-state index in [1.807, 2.05) is 0 Å². The van der Waals surface area contributed by atoms with Crippen molar-refractivity contribution in [1.82, 2.24) is 9.29 Å². The largest absolute Gasteiger partial charge is 0.363 e. The standard InChI is InChI=1S/C12H18N4O4S/c1-9-4-5-15(10(6-9)7-13)21(19,20)11-2-3-12(14-8-11)16(17)18/h2-3,8-10H,4-7,13H2,1H3. The van der Waals surface area contributed by atoms with Crippen LogP contribution >= 0.6 is 0 Å². The van der Waals surface area contributed by atoms with Gasteiger partial charge in [0.05, 0.1) is 0 Å². The average Bonchev–Trinajstić information content (AvgIpc) is 2.46. The third kappa shape index (κ3) is 3.20. The number of nitrogens with zero attached hydrogens (tertiary/aromatic N) is 3. The van der Waals surface area contributed by atoms with Crippen molar-refractivity contribution in [3.05, 3.63) is 28.4 Å². The predicted molar refractivity (Wildman–Crippen MR) is 76.0 cm³/mol. The van der Waals surface area contributed by atoms with E-state index in [1.165, 1.54) is 10.4 Å². The molecule has 0 aliphatic carbocycles. The van der Waals surface area contributed by atoms with Gasteiger partial charge in [-0.3, -0.25) is 0 Å². The zero-order chi connectivity index (χ0) is 15.6. The molecule has 2 rings (SSSR count). The smallest absolute Gasteiger partial charge is 0.358 e. The van der Waals surface area contributed by atoms with Crippen LogP contribution in [0, 0.1) is 16.0 Å². The maximum Gasteiger partial charge on any atom is 0.363 e. The first-order chi connectivity index (χ1) is 9.86. The first-order valence-corrected chi connectivity index (χ1v) is 8.12. The number of aromatic nitrogens is 1. The minimum atomic E-state index is -3.72. The topological polar surface area (TPSA) is 119 Å². The average molecular weight is 314 g/mol. The lowest BCUT2D eigenvalue weighted by molar-refractivity contribution is -0.389. The molecule has 2 unspecified atom stereocenters. The summed E-state index contributed by atoms with van der Waals surface area (Å²) in [5.74, 6) is 0.0524. The van der Waals surface area contributed by atoms with E-state index in [-0.39, 0.29) is 23.3 Å². The van der Waals surface area contributed by atoms with Crippen LogP contribution in [0.15, 0.2) is 23.2 Å². The molecule has 2 N–H and O–H groups in total. The highest BCUT2D eigenvalue weighted by Gasteiger charge is 2.35. The fourth-order valence-electron chi connectivity index (χ4n) is 2.53. The van der Waals surface area contributed by atoms with Crippen molar-refractivity contribution in [2.24, 2.45) is 11.7 Å². The van der Waals surface area contributed by atoms with Gasteiger partial charge in [-0.2, -0.15) is 4.31 Å². The molecule has 116 valence electrons. The third-order valence-corrected chi connectivity index (χ3v) is 5.65. The number of hydrogen-bond donors (Lipinski definition) is 1. The summed E-state index contributed by atoms with van der Waals surface area (Å²) in [6, 6.07) is 2.07. The molecule has 9 heteroatoms. The second-order valence-electron chi connectivity index (χ2n) is 5.24. The Labute approximate surface area is 123 Å². The Morgan fingerprint density at radius 1 is 1.52 bits per heavy atom. The molecule has 8 nitrogen and oxygen atoms in total. The molecule has 1 aliphatic rings. The van der Waals surface area contributed by atoms with Crippen LogP contribution in [0.4, 0.5) is 5.82 Å². The fraction of sp³-hybridized carbons (Fsp3) is 0.583. The van der Waals surface area contributed by atoms with Crippen molar-refractivity contribution in [2.75, 3.05) is 13.1 Å². The van der Waals surface area contributed by atoms with Crippen molar-refractivity contribution < 1.29 is 13.3 Å². The third-order valence-electron chi connectivity index (χ3n) is 3.71. The SMILES string of the molecule is CC1CCN(S(=O)(=O)c2ccc([N+](=O)[O-])nc2)C(CN)C1. The Bertz CT molecular complexity index is 617. The molecule has 0 amide bonds. The summed E-state index contributed by atoms with van der Waals surface area (Å²) < 4.78 is 26.6. The molecule has 1 aromatic heterocycles. The van der Waals surface area contributed by atoms with Gasteiger partial charge in [-0.1, -0.05) is 6.92 Å². The Morgan fingerprint density at radius 3 is 2.76 bits per heavy atom. The summed E-state index contributed by atoms with van der Waals surface area (Å²) in [5, 5.41) is 10.6. The Balaban J connectivity index is 2.30. The Morgan fingerprint density at radius 2 is 2.24 bits per heavy atom. The summed E-state index contributed by atoms with van der Waals surface area (Å²) in [6.45, 7) is 2.73. The van der Waals surface area contributed by atoms with Gasteiger partial charge < -0.3 is 15.8 Å². The van der Waals surface area contributed by atoms with Gasteiger partial charge in [0.25, 0.3) is 0 Å². The number of nitro groups is 1. The molecule has 0 radical (unpaired) electrons. The van der Waals surface area contributed by atoms with Crippen molar-refractivity contribution in [1.29, 1.82) is 0 Å². The molecule has 1 aromatic rings. The van der Waals surface area contributed by atoms with Crippen molar-refractivity contribution in [3.8, 4) is 0 Å². The fourth-order valence-corrected chi connectivity index (χ4v) is 4.14. The molecule has 1 fully saturated rings. The summed E-state index contributed by atoms with van der Waals surface area (Å²) in [5.41, 5.74) is 5.68. The van der Waals surface area contributed by atoms with Gasteiger partial charge in [0.1, 0.15) is 4.90 Å². The molecule has 1 aliphatic heterocycles. The predicted octanol–water partition coefficient (Wildman–Crippen LogP) is 0.738. The van der Waals surface area contributed by atoms with Crippen LogP contribution in [-0.4, -0.2) is 41.8 Å². The van der Waals surface area contributed by atoms with E-state index >= 15 is 0 Å². The van der Waals surface area contributed by atoms with E-state index < -0.39 is 14.9 Å². The molecular weight excluding hydrogens is 296 g/mol. The second-order valence-corrected chi connectivity index (χ2v) is 7.13. The lowest BCUT2D eigenvalue weighted by Crippen LogP contribution is -2.49. The lowest BCUT2D eigenvalue weighted by Gasteiger charge is -2.36. The van der Waals surface area contributed by atoms with Crippen molar-refractivity contribution in [3.63, 3.8) is 0 Å². The van der Waals surface area contributed by atoms with E-state index in [9.17, 15) is 18.5 Å². The molecular formula is C12H18N4O4S. The van der Waals surface area contributed by atoms with E-state index in [0.29, 0.717) is 12.5 Å². The maximum absolute atomic E-state index is 12.6. The van der Waals surface area contributed by atoms with Crippen LogP contribution in [0.5, 0.6) is 0 Å². The molecule has 21 heavy (non-hydrogen) atoms. The number of pyridine rings is 1. The summed E-state index contributed by atoms with van der Waals surface area (Å²) in [4.78, 5) is 13.4. The molecule has 1 saturated heterocycles. The molecule has 2 heterocycles. The van der Waals surface area contributed by atoms with E-state index in [2.05, 4.69) is 11.9 Å². The van der Waals surface area contributed by atoms with Gasteiger partial charge >= 0.3 is 5.82 Å². The van der Waals surface area contributed by atoms with Crippen LogP contribution in [0.1, 0.15) is 19.8 Å². The van der Waals surface area contributed by atoms with Gasteiger partial charge in [0.2, 0.25) is 10.0 Å². The van der Waals surface area contributed by atoms with Gasteiger partial charge in [-0.05, 0) is 34.7 Å². The summed E-state index contributed by atoms with van der Waals surface area (Å²) in [6.07, 6.45) is 2.52. The van der Waals surface area contributed by atoms with Crippen molar-refractivity contribution in [2.45, 2.75) is 30.7 Å². The normalized spacial score (nSPS) is 23.9. The van der Waals surface area contributed by atoms with E-state index in [1.54, 1.807) is 0 Å². The lowest BCUT2D eigenvalue weighted by atomic mass is 9.94. The number of nitrogens with two attached hydrogens (primary N) is 1. The first-order valence-electron chi connectivity index (χ1n) is 6.68. The number of rotatable bonds is 4.